The highest BCUT2D eigenvalue weighted by molar-refractivity contribution is 9.14. The summed E-state index contributed by atoms with van der Waals surface area (Å²) in [5.41, 5.74) is -0.890. The van der Waals surface area contributed by atoms with Crippen molar-refractivity contribution in [2.24, 2.45) is 0 Å². The van der Waals surface area contributed by atoms with Gasteiger partial charge in [0.15, 0.2) is 0 Å². The number of rotatable bonds is 0. The van der Waals surface area contributed by atoms with E-state index in [0.29, 0.717) is 0 Å². The lowest BCUT2D eigenvalue weighted by Gasteiger charge is -2.15. The van der Waals surface area contributed by atoms with Crippen LogP contribution in [0.2, 0.25) is 0 Å². The van der Waals surface area contributed by atoms with Crippen molar-refractivity contribution >= 4 is 63.7 Å². The SMILES string of the molecule is Oc1c(Br)c(Br)c(C(F)(F)F)c(Br)c1Br. The first-order valence-corrected chi connectivity index (χ1v) is 6.47. The van der Waals surface area contributed by atoms with Gasteiger partial charge in [-0.05, 0) is 63.7 Å². The minimum Gasteiger partial charge on any atom is -0.505 e. The Balaban J connectivity index is 3.68. The second-order valence-corrected chi connectivity index (χ2v) is 5.65. The van der Waals surface area contributed by atoms with Gasteiger partial charge < -0.3 is 5.11 Å². The van der Waals surface area contributed by atoms with Crippen molar-refractivity contribution < 1.29 is 18.3 Å². The van der Waals surface area contributed by atoms with Crippen LogP contribution in [-0.2, 0) is 6.18 Å². The smallest absolute Gasteiger partial charge is 0.418 e. The number of hydrogen-bond acceptors (Lipinski definition) is 1. The number of aromatic hydroxyl groups is 1. The molecular formula is C7HBr4F3O. The molecule has 0 heterocycles. The Morgan fingerprint density at radius 3 is 1.40 bits per heavy atom. The van der Waals surface area contributed by atoms with Crippen LogP contribution >= 0.6 is 63.7 Å². The zero-order valence-electron chi connectivity index (χ0n) is 6.59. The number of phenols is 1. The van der Waals surface area contributed by atoms with Crippen molar-refractivity contribution in [3.8, 4) is 5.75 Å². The van der Waals surface area contributed by atoms with Gasteiger partial charge in [0.2, 0.25) is 0 Å². The minimum atomic E-state index is -4.52. The monoisotopic (exact) mass is 474 g/mol. The van der Waals surface area contributed by atoms with E-state index in [4.69, 9.17) is 0 Å². The molecule has 84 valence electrons. The lowest BCUT2D eigenvalue weighted by Crippen LogP contribution is -2.08. The molecule has 0 spiro atoms. The summed E-state index contributed by atoms with van der Waals surface area (Å²) in [6, 6.07) is 0. The Morgan fingerprint density at radius 1 is 0.800 bits per heavy atom. The van der Waals surface area contributed by atoms with E-state index in [1.54, 1.807) is 0 Å². The van der Waals surface area contributed by atoms with Gasteiger partial charge in [-0.2, -0.15) is 13.2 Å². The van der Waals surface area contributed by atoms with Gasteiger partial charge in [-0.15, -0.1) is 0 Å². The van der Waals surface area contributed by atoms with Crippen LogP contribution in [0.1, 0.15) is 5.56 Å². The molecule has 1 aromatic carbocycles. The van der Waals surface area contributed by atoms with Gasteiger partial charge in [0.1, 0.15) is 5.75 Å². The van der Waals surface area contributed by atoms with Gasteiger partial charge in [0.25, 0.3) is 0 Å². The van der Waals surface area contributed by atoms with Crippen LogP contribution in [0.5, 0.6) is 5.75 Å². The number of hydrogen-bond donors (Lipinski definition) is 1. The van der Waals surface area contributed by atoms with Crippen molar-refractivity contribution in [2.45, 2.75) is 6.18 Å². The molecule has 15 heavy (non-hydrogen) atoms. The van der Waals surface area contributed by atoms with Gasteiger partial charge in [0.05, 0.1) is 14.5 Å². The molecule has 8 heteroatoms. The standard InChI is InChI=1S/C7HBr4F3O/c8-2-1(7(12,13)14)3(9)5(11)6(15)4(2)10/h15H. The van der Waals surface area contributed by atoms with Crippen molar-refractivity contribution in [2.75, 3.05) is 0 Å². The third-order valence-electron chi connectivity index (χ3n) is 1.52. The third kappa shape index (κ3) is 2.53. The Hall–Kier alpha value is 0.730. The van der Waals surface area contributed by atoms with Crippen LogP contribution < -0.4 is 0 Å². The van der Waals surface area contributed by atoms with Crippen LogP contribution in [-0.4, -0.2) is 5.11 Å². The first-order chi connectivity index (χ1) is 6.68. The summed E-state index contributed by atoms with van der Waals surface area (Å²) in [5.74, 6) is -0.304. The van der Waals surface area contributed by atoms with E-state index in [9.17, 15) is 18.3 Å². The Labute approximate surface area is 117 Å². The highest BCUT2D eigenvalue weighted by atomic mass is 79.9. The molecule has 0 unspecified atom stereocenters. The molecule has 0 aliphatic heterocycles. The van der Waals surface area contributed by atoms with Crippen LogP contribution in [0.15, 0.2) is 17.9 Å². The van der Waals surface area contributed by atoms with Crippen LogP contribution in [0.4, 0.5) is 13.2 Å². The first kappa shape index (κ1) is 13.8. The zero-order chi connectivity index (χ0) is 12.0. The summed E-state index contributed by atoms with van der Waals surface area (Å²) >= 11 is 11.3. The van der Waals surface area contributed by atoms with Crippen LogP contribution in [0.25, 0.3) is 0 Å². The molecule has 0 bridgehead atoms. The summed E-state index contributed by atoms with van der Waals surface area (Å²) in [7, 11) is 0. The topological polar surface area (TPSA) is 20.2 Å². The minimum absolute atomic E-state index is 0.0510. The van der Waals surface area contributed by atoms with Crippen LogP contribution in [0, 0.1) is 0 Å². The number of halogens is 7. The quantitative estimate of drug-likeness (QED) is 0.492. The van der Waals surface area contributed by atoms with Crippen molar-refractivity contribution in [3.05, 3.63) is 23.5 Å². The van der Waals surface area contributed by atoms with Gasteiger partial charge in [0, 0.05) is 8.95 Å². The fourth-order valence-corrected chi connectivity index (χ4v) is 3.42. The molecule has 0 aromatic heterocycles. The average molecular weight is 478 g/mol. The van der Waals surface area contributed by atoms with Gasteiger partial charge >= 0.3 is 6.18 Å². The van der Waals surface area contributed by atoms with Gasteiger partial charge in [-0.1, -0.05) is 0 Å². The Kier molecular flexibility index (Phi) is 4.18. The normalized spacial score (nSPS) is 11.9. The molecular weight excluding hydrogens is 477 g/mol. The van der Waals surface area contributed by atoms with E-state index in [1.807, 2.05) is 0 Å². The maximum atomic E-state index is 12.6. The van der Waals surface area contributed by atoms with E-state index in [-0.39, 0.29) is 23.6 Å². The van der Waals surface area contributed by atoms with E-state index in [1.165, 1.54) is 0 Å². The van der Waals surface area contributed by atoms with E-state index >= 15 is 0 Å². The molecule has 0 aliphatic rings. The number of phenolic OH excluding ortho intramolecular Hbond substituents is 1. The highest BCUT2D eigenvalue weighted by Crippen LogP contribution is 2.50. The molecule has 1 N–H and O–H groups in total. The molecule has 0 aliphatic carbocycles. The molecule has 0 radical (unpaired) electrons. The Bertz CT molecular complexity index is 387. The predicted octanol–water partition coefficient (Wildman–Crippen LogP) is 5.46. The summed E-state index contributed by atoms with van der Waals surface area (Å²) in [6.07, 6.45) is -4.52. The van der Waals surface area contributed by atoms with Crippen LogP contribution in [0.3, 0.4) is 0 Å². The summed E-state index contributed by atoms with van der Waals surface area (Å²) in [5, 5.41) is 9.44. The molecule has 0 saturated carbocycles. The number of benzene rings is 1. The second-order valence-electron chi connectivity index (χ2n) is 2.48. The first-order valence-electron chi connectivity index (χ1n) is 3.30. The molecule has 1 nitrogen and oxygen atoms in total. The maximum Gasteiger partial charge on any atom is 0.418 e. The maximum absolute atomic E-state index is 12.6. The molecule has 1 rings (SSSR count). The lowest BCUT2D eigenvalue weighted by atomic mass is 10.2. The number of alkyl halides is 3. The molecule has 0 amide bonds. The lowest BCUT2D eigenvalue weighted by molar-refractivity contribution is -0.138. The predicted molar refractivity (Wildman–Crippen MR) is 63.9 cm³/mol. The largest absolute Gasteiger partial charge is 0.505 e. The van der Waals surface area contributed by atoms with Gasteiger partial charge in [-0.25, -0.2) is 0 Å². The molecule has 0 fully saturated rings. The summed E-state index contributed by atoms with van der Waals surface area (Å²) < 4.78 is 37.3. The fourth-order valence-electron chi connectivity index (χ4n) is 0.869. The third-order valence-corrected chi connectivity index (χ3v) is 5.72. The highest BCUT2D eigenvalue weighted by Gasteiger charge is 2.38. The van der Waals surface area contributed by atoms with Crippen molar-refractivity contribution in [1.29, 1.82) is 0 Å². The Morgan fingerprint density at radius 2 is 1.13 bits per heavy atom. The van der Waals surface area contributed by atoms with Crippen molar-refractivity contribution in [1.82, 2.24) is 0 Å². The molecule has 0 saturated heterocycles. The van der Waals surface area contributed by atoms with E-state index < -0.39 is 11.7 Å². The second kappa shape index (κ2) is 4.54. The van der Waals surface area contributed by atoms with Gasteiger partial charge in [-0.3, -0.25) is 0 Å². The summed E-state index contributed by atoms with van der Waals surface area (Å²) in [6.45, 7) is 0. The summed E-state index contributed by atoms with van der Waals surface area (Å²) in [4.78, 5) is 0. The van der Waals surface area contributed by atoms with E-state index in [2.05, 4.69) is 63.7 Å². The average Bonchev–Trinajstić information content (AvgIpc) is 2.09. The van der Waals surface area contributed by atoms with Crippen molar-refractivity contribution in [3.63, 3.8) is 0 Å². The zero-order valence-corrected chi connectivity index (χ0v) is 12.9. The fraction of sp³-hybridized carbons (Fsp3) is 0.143. The molecule has 1 aromatic rings. The van der Waals surface area contributed by atoms with E-state index in [0.717, 1.165) is 0 Å². The molecule has 0 atom stereocenters.